The molecule has 1 aliphatic heterocycles. The number of nitrogens with one attached hydrogen (secondary N) is 2. The SMILES string of the molecule is CC(N=O)c1cccc(C(C)(C)NC(=O)Nc2ccc3c(c2)OCCCO3)c1. The molecule has 2 amide bonds. The third kappa shape index (κ3) is 4.60. The summed E-state index contributed by atoms with van der Waals surface area (Å²) in [4.78, 5) is 23.4. The van der Waals surface area contributed by atoms with Crippen LogP contribution in [0.5, 0.6) is 11.5 Å². The number of benzene rings is 2. The molecule has 7 nitrogen and oxygen atoms in total. The Kier molecular flexibility index (Phi) is 5.82. The van der Waals surface area contributed by atoms with Gasteiger partial charge in [0.1, 0.15) is 6.04 Å². The summed E-state index contributed by atoms with van der Waals surface area (Å²) in [7, 11) is 0. The molecule has 1 atom stereocenters. The van der Waals surface area contributed by atoms with E-state index in [4.69, 9.17) is 9.47 Å². The predicted molar refractivity (Wildman–Crippen MR) is 108 cm³/mol. The van der Waals surface area contributed by atoms with Crippen molar-refractivity contribution in [3.63, 3.8) is 0 Å². The molecule has 1 heterocycles. The monoisotopic (exact) mass is 383 g/mol. The number of nitrogens with zero attached hydrogens (tertiary/aromatic N) is 1. The molecular weight excluding hydrogens is 358 g/mol. The Morgan fingerprint density at radius 2 is 1.86 bits per heavy atom. The van der Waals surface area contributed by atoms with Crippen molar-refractivity contribution >= 4 is 11.7 Å². The summed E-state index contributed by atoms with van der Waals surface area (Å²) in [5, 5.41) is 8.87. The van der Waals surface area contributed by atoms with Crippen LogP contribution in [-0.4, -0.2) is 19.2 Å². The Balaban J connectivity index is 1.70. The summed E-state index contributed by atoms with van der Waals surface area (Å²) in [6.07, 6.45) is 0.823. The van der Waals surface area contributed by atoms with E-state index < -0.39 is 11.6 Å². The zero-order chi connectivity index (χ0) is 20.1. The van der Waals surface area contributed by atoms with E-state index >= 15 is 0 Å². The quantitative estimate of drug-likeness (QED) is 0.730. The summed E-state index contributed by atoms with van der Waals surface area (Å²) in [5.74, 6) is 1.30. The number of anilines is 1. The molecule has 0 aromatic heterocycles. The van der Waals surface area contributed by atoms with Crippen LogP contribution in [0.3, 0.4) is 0 Å². The average Bonchev–Trinajstić information content (AvgIpc) is 2.92. The van der Waals surface area contributed by atoms with Gasteiger partial charge < -0.3 is 20.1 Å². The number of fused-ring (bicyclic) bond motifs is 1. The molecule has 0 radical (unpaired) electrons. The van der Waals surface area contributed by atoms with Crippen molar-refractivity contribution in [2.45, 2.75) is 38.8 Å². The van der Waals surface area contributed by atoms with Gasteiger partial charge in [-0.2, -0.15) is 4.91 Å². The molecule has 7 heteroatoms. The van der Waals surface area contributed by atoms with Gasteiger partial charge in [0.05, 0.1) is 18.8 Å². The van der Waals surface area contributed by atoms with Crippen LogP contribution in [0.1, 0.15) is 44.4 Å². The number of urea groups is 1. The Morgan fingerprint density at radius 3 is 2.61 bits per heavy atom. The molecule has 2 aromatic carbocycles. The molecule has 28 heavy (non-hydrogen) atoms. The van der Waals surface area contributed by atoms with Crippen LogP contribution in [0.25, 0.3) is 0 Å². The van der Waals surface area contributed by atoms with Gasteiger partial charge in [0.25, 0.3) is 0 Å². The number of nitroso groups, excluding NO2 is 1. The molecule has 0 spiro atoms. The minimum Gasteiger partial charge on any atom is -0.490 e. The largest absolute Gasteiger partial charge is 0.490 e. The Morgan fingerprint density at radius 1 is 1.11 bits per heavy atom. The number of amides is 2. The lowest BCUT2D eigenvalue weighted by Gasteiger charge is -2.27. The highest BCUT2D eigenvalue weighted by molar-refractivity contribution is 5.90. The molecule has 0 saturated heterocycles. The van der Waals surface area contributed by atoms with Crippen LogP contribution in [0.4, 0.5) is 10.5 Å². The van der Waals surface area contributed by atoms with Gasteiger partial charge in [-0.1, -0.05) is 29.4 Å². The highest BCUT2D eigenvalue weighted by Gasteiger charge is 2.24. The lowest BCUT2D eigenvalue weighted by molar-refractivity contribution is 0.242. The van der Waals surface area contributed by atoms with Gasteiger partial charge in [-0.25, -0.2) is 4.79 Å². The highest BCUT2D eigenvalue weighted by Crippen LogP contribution is 2.32. The number of carbonyl (C=O) groups excluding carboxylic acids is 1. The summed E-state index contributed by atoms with van der Waals surface area (Å²) in [6, 6.07) is 12.1. The summed E-state index contributed by atoms with van der Waals surface area (Å²) >= 11 is 0. The van der Waals surface area contributed by atoms with Gasteiger partial charge in [-0.3, -0.25) is 0 Å². The topological polar surface area (TPSA) is 89.0 Å². The van der Waals surface area contributed by atoms with Crippen molar-refractivity contribution in [2.75, 3.05) is 18.5 Å². The third-order valence-electron chi connectivity index (χ3n) is 4.68. The van der Waals surface area contributed by atoms with Crippen molar-refractivity contribution < 1.29 is 14.3 Å². The van der Waals surface area contributed by atoms with Crippen molar-refractivity contribution in [1.29, 1.82) is 0 Å². The molecule has 148 valence electrons. The van der Waals surface area contributed by atoms with E-state index in [2.05, 4.69) is 15.8 Å². The predicted octanol–water partition coefficient (Wildman–Crippen LogP) is 4.73. The molecule has 0 aliphatic carbocycles. The average molecular weight is 383 g/mol. The lowest BCUT2D eigenvalue weighted by atomic mass is 9.92. The molecular formula is C21H25N3O4. The number of carbonyl (C=O) groups is 1. The highest BCUT2D eigenvalue weighted by atomic mass is 16.5. The number of hydrogen-bond donors (Lipinski definition) is 2. The van der Waals surface area contributed by atoms with E-state index in [9.17, 15) is 9.70 Å². The second kappa shape index (κ2) is 8.29. The smallest absolute Gasteiger partial charge is 0.319 e. The fraction of sp³-hybridized carbons (Fsp3) is 0.381. The molecule has 2 aromatic rings. The third-order valence-corrected chi connectivity index (χ3v) is 4.68. The number of ether oxygens (including phenoxy) is 2. The minimum absolute atomic E-state index is 0.341. The molecule has 0 fully saturated rings. The fourth-order valence-electron chi connectivity index (χ4n) is 3.01. The van der Waals surface area contributed by atoms with Crippen LogP contribution in [0.15, 0.2) is 47.6 Å². The zero-order valence-electron chi connectivity index (χ0n) is 16.3. The van der Waals surface area contributed by atoms with Gasteiger partial charge in [0, 0.05) is 18.2 Å². The second-order valence-corrected chi connectivity index (χ2v) is 7.32. The van der Waals surface area contributed by atoms with Crippen molar-refractivity contribution in [3.05, 3.63) is 58.5 Å². The van der Waals surface area contributed by atoms with E-state index in [1.54, 1.807) is 25.1 Å². The van der Waals surface area contributed by atoms with Crippen LogP contribution >= 0.6 is 0 Å². The summed E-state index contributed by atoms with van der Waals surface area (Å²) in [6.45, 7) is 6.74. The van der Waals surface area contributed by atoms with Crippen LogP contribution in [0, 0.1) is 4.91 Å². The van der Waals surface area contributed by atoms with Gasteiger partial charge >= 0.3 is 6.03 Å². The second-order valence-electron chi connectivity index (χ2n) is 7.32. The molecule has 0 bridgehead atoms. The van der Waals surface area contributed by atoms with Gasteiger partial charge in [0.15, 0.2) is 11.5 Å². The van der Waals surface area contributed by atoms with Gasteiger partial charge in [-0.05, 0) is 44.0 Å². The fourth-order valence-corrected chi connectivity index (χ4v) is 3.01. The zero-order valence-corrected chi connectivity index (χ0v) is 16.3. The van der Waals surface area contributed by atoms with E-state index in [-0.39, 0.29) is 6.03 Å². The first-order valence-electron chi connectivity index (χ1n) is 9.31. The van der Waals surface area contributed by atoms with Gasteiger partial charge in [0.2, 0.25) is 0 Å². The standard InChI is InChI=1S/C21H25N3O4/c1-14(24-26)15-6-4-7-16(12-15)21(2,3)23-20(25)22-17-8-9-18-19(13-17)28-11-5-10-27-18/h4,6-9,12-14H,5,10-11H2,1-3H3,(H2,22,23,25). The number of rotatable bonds is 5. The lowest BCUT2D eigenvalue weighted by Crippen LogP contribution is -2.43. The Hall–Kier alpha value is -3.09. The maximum atomic E-state index is 12.5. The van der Waals surface area contributed by atoms with Crippen LogP contribution < -0.4 is 20.1 Å². The maximum absolute atomic E-state index is 12.5. The van der Waals surface area contributed by atoms with E-state index in [0.29, 0.717) is 30.4 Å². The molecule has 1 aliphatic rings. The van der Waals surface area contributed by atoms with Gasteiger partial charge in [-0.15, -0.1) is 0 Å². The van der Waals surface area contributed by atoms with Crippen LogP contribution in [-0.2, 0) is 5.54 Å². The Bertz CT molecular complexity index is 866. The molecule has 1 unspecified atom stereocenters. The summed E-state index contributed by atoms with van der Waals surface area (Å²) < 4.78 is 11.3. The minimum atomic E-state index is -0.645. The van der Waals surface area contributed by atoms with Crippen molar-refractivity contribution in [3.8, 4) is 11.5 Å². The maximum Gasteiger partial charge on any atom is 0.319 e. The first kappa shape index (κ1) is 19.7. The van der Waals surface area contributed by atoms with E-state index in [1.165, 1.54) is 0 Å². The normalized spacial score (nSPS) is 14.5. The van der Waals surface area contributed by atoms with E-state index in [0.717, 1.165) is 17.5 Å². The van der Waals surface area contributed by atoms with Crippen LogP contribution in [0.2, 0.25) is 0 Å². The molecule has 3 rings (SSSR count). The molecule has 2 N–H and O–H groups in total. The van der Waals surface area contributed by atoms with E-state index in [1.807, 2.05) is 38.1 Å². The first-order chi connectivity index (χ1) is 13.4. The van der Waals surface area contributed by atoms with Crippen molar-refractivity contribution in [2.24, 2.45) is 5.18 Å². The Labute approximate surface area is 164 Å². The number of hydrogen-bond acceptors (Lipinski definition) is 5. The summed E-state index contributed by atoms with van der Waals surface area (Å²) in [5.41, 5.74) is 1.67. The first-order valence-corrected chi connectivity index (χ1v) is 9.31. The van der Waals surface area contributed by atoms with Crippen molar-refractivity contribution in [1.82, 2.24) is 5.32 Å². The molecule has 0 saturated carbocycles.